The van der Waals surface area contributed by atoms with Crippen LogP contribution >= 0.6 is 0 Å². The lowest BCUT2D eigenvalue weighted by atomic mass is 10.2. The van der Waals surface area contributed by atoms with E-state index in [4.69, 9.17) is 5.11 Å². The van der Waals surface area contributed by atoms with Gasteiger partial charge >= 0.3 is 5.97 Å². The normalized spacial score (nSPS) is 15.7. The minimum Gasteiger partial charge on any atom is -0.478 e. The van der Waals surface area contributed by atoms with E-state index >= 15 is 0 Å². The predicted molar refractivity (Wildman–Crippen MR) is 70.4 cm³/mol. The van der Waals surface area contributed by atoms with Gasteiger partial charge in [-0.05, 0) is 37.0 Å². The fraction of sp³-hybridized carbons (Fsp3) is 0.385. The van der Waals surface area contributed by atoms with Crippen LogP contribution in [0.3, 0.4) is 0 Å². The molecule has 1 aliphatic carbocycles. The quantitative estimate of drug-likeness (QED) is 0.825. The van der Waals surface area contributed by atoms with Gasteiger partial charge < -0.3 is 10.4 Å². The predicted octanol–water partition coefficient (Wildman–Crippen LogP) is 1.16. The smallest absolute Gasteiger partial charge is 0.335 e. The van der Waals surface area contributed by atoms with E-state index in [9.17, 15) is 18.2 Å². The molecule has 0 radical (unpaired) electrons. The number of halogens is 1. The van der Waals surface area contributed by atoms with Crippen LogP contribution < -0.4 is 5.32 Å². The maximum Gasteiger partial charge on any atom is 0.335 e. The second-order valence-electron chi connectivity index (χ2n) is 4.69. The van der Waals surface area contributed by atoms with Gasteiger partial charge in [0.05, 0.1) is 21.3 Å². The molecule has 108 valence electrons. The summed E-state index contributed by atoms with van der Waals surface area (Å²) in [6, 6.07) is 3.03. The van der Waals surface area contributed by atoms with Crippen LogP contribution in [0.25, 0.3) is 0 Å². The molecule has 1 saturated carbocycles. The van der Waals surface area contributed by atoms with Gasteiger partial charge in [0.1, 0.15) is 11.6 Å². The Morgan fingerprint density at radius 2 is 2.10 bits per heavy atom. The molecular weight excluding hydrogens is 285 g/mol. The molecule has 2 N–H and O–H groups in total. The molecule has 1 unspecified atom stereocenters. The Kier molecular flexibility index (Phi) is 4.49. The Bertz CT molecular complexity index is 571. The van der Waals surface area contributed by atoms with E-state index in [-0.39, 0.29) is 16.2 Å². The third-order valence-corrected chi connectivity index (χ3v) is 4.30. The third kappa shape index (κ3) is 3.86. The fourth-order valence-electron chi connectivity index (χ4n) is 1.64. The van der Waals surface area contributed by atoms with Gasteiger partial charge in [0.2, 0.25) is 5.91 Å². The summed E-state index contributed by atoms with van der Waals surface area (Å²) in [6.07, 6.45) is 2.16. The number of benzene rings is 1. The van der Waals surface area contributed by atoms with E-state index in [1.54, 1.807) is 0 Å². The van der Waals surface area contributed by atoms with Crippen LogP contribution in [-0.4, -0.2) is 33.5 Å². The molecule has 0 saturated heterocycles. The van der Waals surface area contributed by atoms with E-state index in [0.717, 1.165) is 31.0 Å². The molecule has 2 rings (SSSR count). The summed E-state index contributed by atoms with van der Waals surface area (Å²) in [6.45, 7) is 0.549. The SMILES string of the molecule is O=C(CS(=O)c1cc(C(=O)O)ccc1F)NCC1CC1. The molecule has 0 aliphatic heterocycles. The highest BCUT2D eigenvalue weighted by atomic mass is 32.2. The first-order valence-corrected chi connectivity index (χ1v) is 7.47. The summed E-state index contributed by atoms with van der Waals surface area (Å²) in [7, 11) is -1.90. The summed E-state index contributed by atoms with van der Waals surface area (Å²) >= 11 is 0. The molecule has 0 spiro atoms. The molecule has 1 atom stereocenters. The van der Waals surface area contributed by atoms with Crippen molar-refractivity contribution in [1.29, 1.82) is 0 Å². The average molecular weight is 299 g/mol. The van der Waals surface area contributed by atoms with Crippen LogP contribution in [0.1, 0.15) is 23.2 Å². The Labute approximate surface area is 117 Å². The van der Waals surface area contributed by atoms with Crippen molar-refractivity contribution < 1.29 is 23.3 Å². The summed E-state index contributed by atoms with van der Waals surface area (Å²) in [5.41, 5.74) is -0.159. The van der Waals surface area contributed by atoms with Crippen molar-refractivity contribution in [2.75, 3.05) is 12.3 Å². The van der Waals surface area contributed by atoms with E-state index in [1.807, 2.05) is 0 Å². The van der Waals surface area contributed by atoms with Gasteiger partial charge in [-0.3, -0.25) is 9.00 Å². The number of aromatic carboxylic acids is 1. The Hall–Kier alpha value is -1.76. The van der Waals surface area contributed by atoms with Gasteiger partial charge in [0, 0.05) is 6.54 Å². The Balaban J connectivity index is 2.01. The van der Waals surface area contributed by atoms with Crippen molar-refractivity contribution in [3.05, 3.63) is 29.6 Å². The fourth-order valence-corrected chi connectivity index (χ4v) is 2.68. The molecule has 0 bridgehead atoms. The second-order valence-corrected chi connectivity index (χ2v) is 6.11. The van der Waals surface area contributed by atoms with Gasteiger partial charge in [-0.1, -0.05) is 0 Å². The van der Waals surface area contributed by atoms with Crippen LogP contribution in [-0.2, 0) is 15.6 Å². The Morgan fingerprint density at radius 3 is 2.70 bits per heavy atom. The first-order chi connectivity index (χ1) is 9.47. The number of carboxylic acid groups (broad SMARTS) is 1. The molecule has 1 aliphatic rings. The zero-order chi connectivity index (χ0) is 14.7. The van der Waals surface area contributed by atoms with Crippen molar-refractivity contribution in [3.8, 4) is 0 Å². The molecule has 1 fully saturated rings. The molecule has 0 heterocycles. The van der Waals surface area contributed by atoms with Crippen LogP contribution in [0, 0.1) is 11.7 Å². The molecule has 7 heteroatoms. The highest BCUT2D eigenvalue weighted by molar-refractivity contribution is 7.85. The summed E-state index contributed by atoms with van der Waals surface area (Å²) in [4.78, 5) is 22.1. The molecule has 0 aromatic heterocycles. The van der Waals surface area contributed by atoms with Crippen molar-refractivity contribution >= 4 is 22.7 Å². The lowest BCUT2D eigenvalue weighted by Gasteiger charge is -2.06. The van der Waals surface area contributed by atoms with E-state index < -0.39 is 28.5 Å². The number of carbonyl (C=O) groups excluding carboxylic acids is 1. The number of rotatable bonds is 6. The van der Waals surface area contributed by atoms with Crippen LogP contribution in [0.2, 0.25) is 0 Å². The van der Waals surface area contributed by atoms with E-state index in [1.165, 1.54) is 0 Å². The van der Waals surface area contributed by atoms with Gasteiger partial charge in [-0.15, -0.1) is 0 Å². The number of hydrogen-bond donors (Lipinski definition) is 2. The molecule has 20 heavy (non-hydrogen) atoms. The standard InChI is InChI=1S/C13H14FNO4S/c14-10-4-3-9(13(17)18)5-11(10)20(19)7-12(16)15-6-8-1-2-8/h3-5,8H,1-2,6-7H2,(H,15,16)(H,17,18). The number of carboxylic acids is 1. The molecular formula is C13H14FNO4S. The minimum atomic E-state index is -1.90. The van der Waals surface area contributed by atoms with Crippen LogP contribution in [0.15, 0.2) is 23.1 Å². The van der Waals surface area contributed by atoms with Crippen LogP contribution in [0.5, 0.6) is 0 Å². The zero-order valence-electron chi connectivity index (χ0n) is 10.6. The van der Waals surface area contributed by atoms with Gasteiger partial charge in [0.25, 0.3) is 0 Å². The average Bonchev–Trinajstić information content (AvgIpc) is 3.20. The molecule has 5 nitrogen and oxygen atoms in total. The van der Waals surface area contributed by atoms with Crippen molar-refractivity contribution in [3.63, 3.8) is 0 Å². The number of nitrogens with one attached hydrogen (secondary N) is 1. The summed E-state index contributed by atoms with van der Waals surface area (Å²) < 4.78 is 25.5. The van der Waals surface area contributed by atoms with E-state index in [0.29, 0.717) is 12.5 Å². The first kappa shape index (κ1) is 14.6. The molecule has 1 aromatic rings. The first-order valence-electron chi connectivity index (χ1n) is 6.15. The van der Waals surface area contributed by atoms with Crippen molar-refractivity contribution in [2.24, 2.45) is 5.92 Å². The number of carbonyl (C=O) groups is 2. The Morgan fingerprint density at radius 1 is 1.40 bits per heavy atom. The lowest BCUT2D eigenvalue weighted by Crippen LogP contribution is -2.30. The van der Waals surface area contributed by atoms with Crippen molar-refractivity contribution in [1.82, 2.24) is 5.32 Å². The van der Waals surface area contributed by atoms with E-state index in [2.05, 4.69) is 5.32 Å². The topological polar surface area (TPSA) is 83.5 Å². The maximum atomic E-state index is 13.5. The lowest BCUT2D eigenvalue weighted by molar-refractivity contribution is -0.118. The largest absolute Gasteiger partial charge is 0.478 e. The number of hydrogen-bond acceptors (Lipinski definition) is 3. The molecule has 1 aromatic carbocycles. The zero-order valence-corrected chi connectivity index (χ0v) is 11.4. The van der Waals surface area contributed by atoms with Gasteiger partial charge in [-0.25, -0.2) is 9.18 Å². The minimum absolute atomic E-state index is 0.159. The summed E-state index contributed by atoms with van der Waals surface area (Å²) in [5.74, 6) is -2.30. The third-order valence-electron chi connectivity index (χ3n) is 2.97. The highest BCUT2D eigenvalue weighted by Gasteiger charge is 2.22. The number of amides is 1. The highest BCUT2D eigenvalue weighted by Crippen LogP contribution is 2.27. The summed E-state index contributed by atoms with van der Waals surface area (Å²) in [5, 5.41) is 11.4. The van der Waals surface area contributed by atoms with Crippen LogP contribution in [0.4, 0.5) is 4.39 Å². The second kappa shape index (κ2) is 6.13. The monoisotopic (exact) mass is 299 g/mol. The molecule has 1 amide bonds. The van der Waals surface area contributed by atoms with Crippen molar-refractivity contribution in [2.45, 2.75) is 17.7 Å². The maximum absolute atomic E-state index is 13.5. The van der Waals surface area contributed by atoms with Gasteiger partial charge in [-0.2, -0.15) is 0 Å². The van der Waals surface area contributed by atoms with Gasteiger partial charge in [0.15, 0.2) is 0 Å².